The number of ketones is 1. The summed E-state index contributed by atoms with van der Waals surface area (Å²) in [5, 5.41) is 12.6. The molecule has 2 aliphatic rings. The smallest absolute Gasteiger partial charge is 0.290 e. The largest absolute Gasteiger partial charge is 0.503 e. The van der Waals surface area contributed by atoms with E-state index in [1.54, 1.807) is 29.2 Å². The first-order valence-electron chi connectivity index (χ1n) is 10.8. The Hall–Kier alpha value is -3.16. The number of carbonyl (C=O) groups is 2. The molecule has 164 valence electrons. The van der Waals surface area contributed by atoms with Gasteiger partial charge in [-0.1, -0.05) is 36.4 Å². The predicted molar refractivity (Wildman–Crippen MR) is 121 cm³/mol. The molecule has 5 rings (SSSR count). The van der Waals surface area contributed by atoms with Crippen molar-refractivity contribution < 1.29 is 19.1 Å². The number of aliphatic hydroxyl groups is 1. The van der Waals surface area contributed by atoms with Gasteiger partial charge in [0.25, 0.3) is 5.91 Å². The first kappa shape index (κ1) is 20.7. The maximum absolute atomic E-state index is 13.2. The molecule has 7 heteroatoms. The van der Waals surface area contributed by atoms with E-state index in [4.69, 9.17) is 4.42 Å². The standard InChI is InChI=1S/C25H24N2O4S/c28-23(20-9-5-15-32-20)21-22(19-8-4-14-31-19)27(25(30)24(21)29)18-10-12-26(13-11-18)16-17-6-2-1-3-7-17/h1-9,14-15,18,22,29H,10-13,16H2. The lowest BCUT2D eigenvalue weighted by molar-refractivity contribution is -0.133. The highest BCUT2D eigenvalue weighted by Crippen LogP contribution is 2.42. The molecular formula is C25H24N2O4S. The molecule has 0 aliphatic carbocycles. The van der Waals surface area contributed by atoms with Gasteiger partial charge < -0.3 is 14.4 Å². The van der Waals surface area contributed by atoms with Crippen LogP contribution in [0.3, 0.4) is 0 Å². The second-order valence-electron chi connectivity index (χ2n) is 8.19. The van der Waals surface area contributed by atoms with Gasteiger partial charge in [-0.15, -0.1) is 11.3 Å². The summed E-state index contributed by atoms with van der Waals surface area (Å²) >= 11 is 1.30. The van der Waals surface area contributed by atoms with Crippen LogP contribution in [0.2, 0.25) is 0 Å². The first-order chi connectivity index (χ1) is 15.6. The molecule has 3 aromatic rings. The number of hydrogen-bond donors (Lipinski definition) is 1. The minimum absolute atomic E-state index is 0.0830. The van der Waals surface area contributed by atoms with Crippen molar-refractivity contribution in [1.82, 2.24) is 9.80 Å². The zero-order chi connectivity index (χ0) is 22.1. The number of hydrogen-bond acceptors (Lipinski definition) is 6. The highest BCUT2D eigenvalue weighted by atomic mass is 32.1. The number of Topliss-reactive ketones (excluding diaryl/α,β-unsaturated/α-hetero) is 1. The lowest BCUT2D eigenvalue weighted by Gasteiger charge is -2.39. The Balaban J connectivity index is 1.38. The molecule has 0 radical (unpaired) electrons. The van der Waals surface area contributed by atoms with Crippen molar-refractivity contribution in [3.8, 4) is 0 Å². The van der Waals surface area contributed by atoms with E-state index >= 15 is 0 Å². The number of nitrogens with zero attached hydrogens (tertiary/aromatic N) is 2. The molecule has 1 unspecified atom stereocenters. The van der Waals surface area contributed by atoms with Crippen molar-refractivity contribution in [2.45, 2.75) is 31.5 Å². The van der Waals surface area contributed by atoms with Crippen molar-refractivity contribution in [2.75, 3.05) is 13.1 Å². The van der Waals surface area contributed by atoms with E-state index in [9.17, 15) is 14.7 Å². The molecule has 2 aromatic heterocycles. The molecule has 1 amide bonds. The average molecular weight is 449 g/mol. The molecule has 2 aliphatic heterocycles. The maximum atomic E-state index is 13.2. The molecule has 1 atom stereocenters. The number of furan rings is 1. The number of aliphatic hydroxyl groups excluding tert-OH is 1. The Bertz CT molecular complexity index is 1110. The molecule has 6 nitrogen and oxygen atoms in total. The van der Waals surface area contributed by atoms with Crippen LogP contribution in [0.1, 0.15) is 39.9 Å². The minimum Gasteiger partial charge on any atom is -0.503 e. The summed E-state index contributed by atoms with van der Waals surface area (Å²) in [5.41, 5.74) is 1.37. The van der Waals surface area contributed by atoms with Gasteiger partial charge in [-0.05, 0) is 42.0 Å². The topological polar surface area (TPSA) is 74.0 Å². The van der Waals surface area contributed by atoms with Gasteiger partial charge in [-0.25, -0.2) is 0 Å². The second kappa shape index (κ2) is 8.76. The lowest BCUT2D eigenvalue weighted by Crippen LogP contribution is -2.47. The summed E-state index contributed by atoms with van der Waals surface area (Å²) in [6, 6.07) is 16.5. The SMILES string of the molecule is O=C(C1=C(O)C(=O)N(C2CCN(Cc3ccccc3)CC2)C1c1ccco1)c1cccs1. The summed E-state index contributed by atoms with van der Waals surface area (Å²) in [5.74, 6) is -0.783. The number of benzene rings is 1. The number of rotatable bonds is 6. The average Bonchev–Trinajstić information content (AvgIpc) is 3.57. The molecule has 32 heavy (non-hydrogen) atoms. The van der Waals surface area contributed by atoms with Crippen molar-refractivity contribution in [1.29, 1.82) is 0 Å². The van der Waals surface area contributed by atoms with Crippen LogP contribution in [0, 0.1) is 0 Å². The van der Waals surface area contributed by atoms with E-state index in [0.717, 1.165) is 32.5 Å². The third-order valence-electron chi connectivity index (χ3n) is 6.25. The van der Waals surface area contributed by atoms with Crippen LogP contribution in [0.15, 0.2) is 82.0 Å². The molecule has 0 saturated carbocycles. The quantitative estimate of drug-likeness (QED) is 0.559. The minimum atomic E-state index is -0.710. The summed E-state index contributed by atoms with van der Waals surface area (Å²) in [4.78, 5) is 30.9. The number of thiophene rings is 1. The van der Waals surface area contributed by atoms with Gasteiger partial charge in [0.2, 0.25) is 5.78 Å². The summed E-state index contributed by atoms with van der Waals surface area (Å²) in [7, 11) is 0. The van der Waals surface area contributed by atoms with Crippen molar-refractivity contribution >= 4 is 23.0 Å². The molecule has 0 spiro atoms. The van der Waals surface area contributed by atoms with E-state index in [1.807, 2.05) is 23.6 Å². The van der Waals surface area contributed by atoms with Crippen molar-refractivity contribution in [2.24, 2.45) is 0 Å². The van der Waals surface area contributed by atoms with Gasteiger partial charge in [0.05, 0.1) is 16.7 Å². The Kier molecular flexibility index (Phi) is 5.68. The molecule has 1 aromatic carbocycles. The summed E-state index contributed by atoms with van der Waals surface area (Å²) in [6.07, 6.45) is 3.07. The zero-order valence-electron chi connectivity index (χ0n) is 17.5. The number of amides is 1. The molecule has 1 saturated heterocycles. The Morgan fingerprint density at radius 3 is 2.50 bits per heavy atom. The third kappa shape index (κ3) is 3.78. The van der Waals surface area contributed by atoms with Gasteiger partial charge in [-0.3, -0.25) is 14.5 Å². The van der Waals surface area contributed by atoms with Gasteiger partial charge in [-0.2, -0.15) is 0 Å². The van der Waals surface area contributed by atoms with Gasteiger partial charge in [0.1, 0.15) is 11.8 Å². The van der Waals surface area contributed by atoms with Gasteiger partial charge >= 0.3 is 0 Å². The van der Waals surface area contributed by atoms with Crippen LogP contribution in [0.5, 0.6) is 0 Å². The van der Waals surface area contributed by atoms with E-state index in [-0.39, 0.29) is 17.4 Å². The highest BCUT2D eigenvalue weighted by molar-refractivity contribution is 7.12. The number of carbonyl (C=O) groups excluding carboxylic acids is 2. The lowest BCUT2D eigenvalue weighted by atomic mass is 9.96. The van der Waals surface area contributed by atoms with Crippen LogP contribution >= 0.6 is 11.3 Å². The van der Waals surface area contributed by atoms with Crippen LogP contribution in [0.4, 0.5) is 0 Å². The molecule has 4 heterocycles. The van der Waals surface area contributed by atoms with Crippen LogP contribution in [0.25, 0.3) is 0 Å². The fourth-order valence-corrected chi connectivity index (χ4v) is 5.37. The first-order valence-corrected chi connectivity index (χ1v) is 11.6. The molecule has 1 N–H and O–H groups in total. The van der Waals surface area contributed by atoms with E-state index in [0.29, 0.717) is 10.6 Å². The fourth-order valence-electron chi connectivity index (χ4n) is 4.70. The zero-order valence-corrected chi connectivity index (χ0v) is 18.3. The predicted octanol–water partition coefficient (Wildman–Crippen LogP) is 4.58. The van der Waals surface area contributed by atoms with Gasteiger partial charge in [0, 0.05) is 25.7 Å². The summed E-state index contributed by atoms with van der Waals surface area (Å²) in [6.45, 7) is 2.54. The van der Waals surface area contributed by atoms with Crippen LogP contribution in [-0.2, 0) is 11.3 Å². The number of likely N-dealkylation sites (tertiary alicyclic amines) is 1. The highest BCUT2D eigenvalue weighted by Gasteiger charge is 2.48. The Morgan fingerprint density at radius 2 is 1.84 bits per heavy atom. The van der Waals surface area contributed by atoms with Crippen molar-refractivity contribution in [3.05, 3.63) is 93.8 Å². The van der Waals surface area contributed by atoms with E-state index in [2.05, 4.69) is 17.0 Å². The third-order valence-corrected chi connectivity index (χ3v) is 7.11. The molecule has 0 bridgehead atoms. The van der Waals surface area contributed by atoms with E-state index < -0.39 is 17.7 Å². The van der Waals surface area contributed by atoms with Gasteiger partial charge in [0.15, 0.2) is 5.76 Å². The summed E-state index contributed by atoms with van der Waals surface area (Å²) < 4.78 is 5.63. The van der Waals surface area contributed by atoms with E-state index in [1.165, 1.54) is 23.2 Å². The van der Waals surface area contributed by atoms with Crippen LogP contribution < -0.4 is 0 Å². The number of piperidine rings is 1. The monoisotopic (exact) mass is 448 g/mol. The molecule has 1 fully saturated rings. The maximum Gasteiger partial charge on any atom is 0.290 e. The van der Waals surface area contributed by atoms with Crippen LogP contribution in [-0.4, -0.2) is 45.7 Å². The fraction of sp³-hybridized carbons (Fsp3) is 0.280. The molecular weight excluding hydrogens is 424 g/mol. The Labute approximate surface area is 190 Å². The Morgan fingerprint density at radius 1 is 1.06 bits per heavy atom. The van der Waals surface area contributed by atoms with Crippen molar-refractivity contribution in [3.63, 3.8) is 0 Å². The normalized spacial score (nSPS) is 20.3. The second-order valence-corrected chi connectivity index (χ2v) is 9.14.